The molecule has 0 radical (unpaired) electrons. The second kappa shape index (κ2) is 5.11. The van der Waals surface area contributed by atoms with Gasteiger partial charge in [0.15, 0.2) is 5.56 Å². The molecule has 70 valence electrons. The normalized spacial score (nSPS) is 8.31. The molecule has 1 N–H and O–H groups in total. The lowest BCUT2D eigenvalue weighted by Crippen LogP contribution is -3.00. The SMILES string of the molecule is CCOC(=O)c1cn[nH]c1[N+]#N.[Cl-]. The van der Waals surface area contributed by atoms with E-state index in [4.69, 9.17) is 5.39 Å². The molecule has 1 aromatic rings. The molecule has 1 heterocycles. The first-order valence-electron chi connectivity index (χ1n) is 3.35. The maximum absolute atomic E-state index is 11.0. The molecule has 1 rings (SSSR count). The molecule has 0 amide bonds. The summed E-state index contributed by atoms with van der Waals surface area (Å²) in [6, 6.07) is 0. The number of carbonyl (C=O) groups is 1. The van der Waals surface area contributed by atoms with E-state index in [9.17, 15) is 4.79 Å². The van der Waals surface area contributed by atoms with Crippen LogP contribution in [0.15, 0.2) is 6.20 Å². The zero-order chi connectivity index (χ0) is 8.97. The van der Waals surface area contributed by atoms with Gasteiger partial charge in [-0.3, -0.25) is 0 Å². The highest BCUT2D eigenvalue weighted by Gasteiger charge is 2.22. The fourth-order valence-corrected chi connectivity index (χ4v) is 0.714. The Morgan fingerprint density at radius 1 is 1.85 bits per heavy atom. The predicted molar refractivity (Wildman–Crippen MR) is 39.3 cm³/mol. The third-order valence-corrected chi connectivity index (χ3v) is 1.21. The lowest BCUT2D eigenvalue weighted by molar-refractivity contribution is -0.0000211. The molecule has 0 fully saturated rings. The van der Waals surface area contributed by atoms with Crippen LogP contribution in [0.3, 0.4) is 0 Å². The summed E-state index contributed by atoms with van der Waals surface area (Å²) in [6.07, 6.45) is 1.24. The van der Waals surface area contributed by atoms with E-state index in [2.05, 4.69) is 19.9 Å². The van der Waals surface area contributed by atoms with Gasteiger partial charge in [0, 0.05) is 4.98 Å². The van der Waals surface area contributed by atoms with Crippen LogP contribution in [0.1, 0.15) is 17.3 Å². The molecule has 0 aliphatic heterocycles. The number of diazo groups is 1. The lowest BCUT2D eigenvalue weighted by Gasteiger charge is -1.93. The van der Waals surface area contributed by atoms with Crippen LogP contribution >= 0.6 is 0 Å². The zero-order valence-electron chi connectivity index (χ0n) is 6.82. The summed E-state index contributed by atoms with van der Waals surface area (Å²) in [5.41, 5.74) is 0.124. The Balaban J connectivity index is 0.00000144. The molecule has 0 unspecified atom stereocenters. The number of carbonyl (C=O) groups excluding carboxylic acids is 1. The summed E-state index contributed by atoms with van der Waals surface area (Å²) < 4.78 is 4.66. The largest absolute Gasteiger partial charge is 1.00 e. The summed E-state index contributed by atoms with van der Waals surface area (Å²) in [5.74, 6) is -0.549. The number of hydrogen-bond donors (Lipinski definition) is 1. The Morgan fingerprint density at radius 3 is 3.08 bits per heavy atom. The first kappa shape index (κ1) is 11.4. The predicted octanol–water partition coefficient (Wildman–Crippen LogP) is -1.93. The van der Waals surface area contributed by atoms with Gasteiger partial charge in [0.1, 0.15) is 0 Å². The highest BCUT2D eigenvalue weighted by atomic mass is 35.5. The topological polar surface area (TPSA) is 83.1 Å². The molecule has 0 aliphatic carbocycles. The van der Waals surface area contributed by atoms with Crippen LogP contribution in [0.25, 0.3) is 4.98 Å². The van der Waals surface area contributed by atoms with Crippen LogP contribution in [0.2, 0.25) is 0 Å². The van der Waals surface area contributed by atoms with Gasteiger partial charge in [0.2, 0.25) is 0 Å². The molecule has 0 saturated heterocycles. The van der Waals surface area contributed by atoms with Crippen molar-refractivity contribution in [3.05, 3.63) is 16.7 Å². The van der Waals surface area contributed by atoms with E-state index >= 15 is 0 Å². The van der Waals surface area contributed by atoms with Crippen LogP contribution < -0.4 is 12.4 Å². The Kier molecular flexibility index (Phi) is 4.48. The smallest absolute Gasteiger partial charge is 0.458 e. The van der Waals surface area contributed by atoms with Crippen LogP contribution in [0.5, 0.6) is 0 Å². The van der Waals surface area contributed by atoms with Crippen molar-refractivity contribution >= 4 is 11.8 Å². The molecular formula is C6H7ClN4O2. The van der Waals surface area contributed by atoms with Crippen molar-refractivity contribution in [1.29, 1.82) is 5.39 Å². The fourth-order valence-electron chi connectivity index (χ4n) is 0.714. The van der Waals surface area contributed by atoms with Crippen LogP contribution in [-0.2, 0) is 4.74 Å². The van der Waals surface area contributed by atoms with Crippen molar-refractivity contribution in [3.63, 3.8) is 0 Å². The van der Waals surface area contributed by atoms with Crippen molar-refractivity contribution in [2.24, 2.45) is 0 Å². The van der Waals surface area contributed by atoms with Gasteiger partial charge in [0.05, 0.1) is 18.2 Å². The minimum atomic E-state index is -0.556. The summed E-state index contributed by atoms with van der Waals surface area (Å²) in [4.78, 5) is 13.8. The van der Waals surface area contributed by atoms with Gasteiger partial charge in [-0.2, -0.15) is 0 Å². The van der Waals surface area contributed by atoms with Gasteiger partial charge >= 0.3 is 11.8 Å². The first-order valence-corrected chi connectivity index (χ1v) is 3.35. The van der Waals surface area contributed by atoms with E-state index in [-0.39, 0.29) is 30.4 Å². The van der Waals surface area contributed by atoms with Crippen LogP contribution in [-0.4, -0.2) is 22.8 Å². The number of aromatic amines is 1. The van der Waals surface area contributed by atoms with E-state index in [1.165, 1.54) is 6.20 Å². The minimum Gasteiger partial charge on any atom is -1.00 e. The molecule has 0 aromatic carbocycles. The zero-order valence-corrected chi connectivity index (χ0v) is 7.58. The van der Waals surface area contributed by atoms with E-state index in [0.717, 1.165) is 0 Å². The number of nitrogens with one attached hydrogen (secondary N) is 1. The summed E-state index contributed by atoms with van der Waals surface area (Å²) in [5, 5.41) is 14.2. The maximum Gasteiger partial charge on any atom is 0.458 e. The van der Waals surface area contributed by atoms with Crippen molar-refractivity contribution in [1.82, 2.24) is 10.2 Å². The van der Waals surface area contributed by atoms with Gasteiger partial charge < -0.3 is 17.1 Å². The van der Waals surface area contributed by atoms with Crippen molar-refractivity contribution in [2.45, 2.75) is 6.92 Å². The molecule has 0 aliphatic rings. The Hall–Kier alpha value is -1.61. The van der Waals surface area contributed by atoms with E-state index < -0.39 is 5.97 Å². The van der Waals surface area contributed by atoms with E-state index in [0.29, 0.717) is 0 Å². The van der Waals surface area contributed by atoms with Crippen molar-refractivity contribution in [2.75, 3.05) is 6.61 Å². The summed E-state index contributed by atoms with van der Waals surface area (Å²) in [6.45, 7) is 1.96. The number of esters is 1. The van der Waals surface area contributed by atoms with Gasteiger partial charge in [-0.15, -0.1) is 5.10 Å². The third kappa shape index (κ3) is 2.42. The number of ether oxygens (including phenoxy) is 1. The molecule has 7 heteroatoms. The second-order valence-electron chi connectivity index (χ2n) is 1.95. The van der Waals surface area contributed by atoms with Crippen molar-refractivity contribution < 1.29 is 21.9 Å². The van der Waals surface area contributed by atoms with Gasteiger partial charge in [-0.1, -0.05) is 5.10 Å². The van der Waals surface area contributed by atoms with E-state index in [1.54, 1.807) is 6.92 Å². The van der Waals surface area contributed by atoms with Gasteiger partial charge in [-0.05, 0) is 6.92 Å². The molecule has 0 saturated carbocycles. The number of halogens is 1. The lowest BCUT2D eigenvalue weighted by atomic mass is 10.3. The summed E-state index contributed by atoms with van der Waals surface area (Å²) >= 11 is 0. The van der Waals surface area contributed by atoms with Crippen LogP contribution in [0.4, 0.5) is 5.82 Å². The minimum absolute atomic E-state index is 0. The quantitative estimate of drug-likeness (QED) is 0.448. The number of H-pyrrole nitrogens is 1. The second-order valence-corrected chi connectivity index (χ2v) is 1.95. The Morgan fingerprint density at radius 2 is 2.54 bits per heavy atom. The third-order valence-electron chi connectivity index (χ3n) is 1.21. The number of rotatable bonds is 2. The van der Waals surface area contributed by atoms with Gasteiger partial charge in [0.25, 0.3) is 0 Å². The first-order chi connectivity index (χ1) is 5.79. The van der Waals surface area contributed by atoms with Gasteiger partial charge in [-0.25, -0.2) is 4.79 Å². The average Bonchev–Trinajstić information content (AvgIpc) is 2.51. The molecule has 13 heavy (non-hydrogen) atoms. The summed E-state index contributed by atoms with van der Waals surface area (Å²) in [7, 11) is 0. The highest BCUT2D eigenvalue weighted by Crippen LogP contribution is 2.14. The number of nitrogens with zero attached hydrogens (tertiary/aromatic N) is 3. The Bertz CT molecular complexity index is 330. The molecular weight excluding hydrogens is 196 g/mol. The molecule has 0 bridgehead atoms. The maximum atomic E-state index is 11.0. The molecule has 0 atom stereocenters. The van der Waals surface area contributed by atoms with Crippen molar-refractivity contribution in [3.8, 4) is 0 Å². The number of hydrogen-bond acceptors (Lipinski definition) is 4. The fraction of sp³-hybridized carbons (Fsp3) is 0.333. The molecule has 0 spiro atoms. The van der Waals surface area contributed by atoms with E-state index in [1.807, 2.05) is 0 Å². The standard InChI is InChI=1S/C6H6N4O2.ClH/c1-2-12-6(11)4-3-8-10-5(4)9-7;/h3H,2H2,1H3;1H. The highest BCUT2D eigenvalue weighted by molar-refractivity contribution is 5.94. The average molecular weight is 203 g/mol. The number of aromatic nitrogens is 2. The molecule has 6 nitrogen and oxygen atoms in total. The molecule has 1 aromatic heterocycles. The Labute approximate surface area is 80.3 Å². The van der Waals surface area contributed by atoms with Crippen LogP contribution in [0, 0.1) is 5.39 Å². The monoisotopic (exact) mass is 202 g/mol.